The molecule has 0 spiro atoms. The molecule has 88 valence electrons. The number of nitrogens with two attached hydrogens (primary N) is 1. The number of hydrogen-bond donors (Lipinski definition) is 1. The molecule has 4 heteroatoms. The van der Waals surface area contributed by atoms with Gasteiger partial charge in [0.15, 0.2) is 0 Å². The summed E-state index contributed by atoms with van der Waals surface area (Å²) >= 11 is 0. The SMILES string of the molecule is Cc1ccc(-n2nnc3c2C(N)CCC3)cc1. The van der Waals surface area contributed by atoms with Gasteiger partial charge in [0.05, 0.1) is 17.1 Å². The van der Waals surface area contributed by atoms with Crippen LogP contribution >= 0.6 is 0 Å². The van der Waals surface area contributed by atoms with Crippen molar-refractivity contribution >= 4 is 0 Å². The molecular formula is C13H16N4. The van der Waals surface area contributed by atoms with E-state index in [1.54, 1.807) is 0 Å². The van der Waals surface area contributed by atoms with Crippen molar-refractivity contribution in [1.29, 1.82) is 0 Å². The maximum Gasteiger partial charge on any atom is 0.0880 e. The molecule has 0 aliphatic heterocycles. The van der Waals surface area contributed by atoms with E-state index < -0.39 is 0 Å². The van der Waals surface area contributed by atoms with Crippen LogP contribution in [0.5, 0.6) is 0 Å². The summed E-state index contributed by atoms with van der Waals surface area (Å²) in [5.74, 6) is 0. The second-order valence-corrected chi connectivity index (χ2v) is 4.67. The molecule has 0 fully saturated rings. The Morgan fingerprint density at radius 3 is 2.82 bits per heavy atom. The van der Waals surface area contributed by atoms with Crippen LogP contribution in [0.1, 0.15) is 35.8 Å². The van der Waals surface area contributed by atoms with Gasteiger partial charge in [0, 0.05) is 6.04 Å². The van der Waals surface area contributed by atoms with Crippen molar-refractivity contribution in [2.45, 2.75) is 32.2 Å². The van der Waals surface area contributed by atoms with Gasteiger partial charge >= 0.3 is 0 Å². The lowest BCUT2D eigenvalue weighted by Crippen LogP contribution is -2.20. The normalized spacial score (nSPS) is 19.1. The topological polar surface area (TPSA) is 56.7 Å². The quantitative estimate of drug-likeness (QED) is 0.811. The summed E-state index contributed by atoms with van der Waals surface area (Å²) in [5, 5.41) is 8.47. The Kier molecular flexibility index (Phi) is 2.44. The standard InChI is InChI=1S/C13H16N4/c1-9-5-7-10(8-6-9)17-13-11(14)3-2-4-12(13)15-16-17/h5-8,11H,2-4,14H2,1H3. The Bertz CT molecular complexity index is 527. The lowest BCUT2D eigenvalue weighted by Gasteiger charge is -2.19. The molecule has 1 aliphatic carbocycles. The Morgan fingerprint density at radius 1 is 1.29 bits per heavy atom. The van der Waals surface area contributed by atoms with E-state index in [1.807, 2.05) is 4.68 Å². The molecule has 1 unspecified atom stereocenters. The number of fused-ring (bicyclic) bond motifs is 1. The number of aryl methyl sites for hydroxylation is 2. The highest BCUT2D eigenvalue weighted by atomic mass is 15.4. The number of benzene rings is 1. The molecule has 17 heavy (non-hydrogen) atoms. The smallest absolute Gasteiger partial charge is 0.0880 e. The maximum absolute atomic E-state index is 6.16. The van der Waals surface area contributed by atoms with Crippen LogP contribution in [0.3, 0.4) is 0 Å². The second-order valence-electron chi connectivity index (χ2n) is 4.67. The summed E-state index contributed by atoms with van der Waals surface area (Å²) in [6.45, 7) is 2.08. The summed E-state index contributed by atoms with van der Waals surface area (Å²) in [7, 11) is 0. The van der Waals surface area contributed by atoms with E-state index >= 15 is 0 Å². The molecule has 1 aliphatic rings. The molecular weight excluding hydrogens is 212 g/mol. The molecule has 2 N–H and O–H groups in total. The Hall–Kier alpha value is -1.68. The lowest BCUT2D eigenvalue weighted by molar-refractivity contribution is 0.541. The fourth-order valence-corrected chi connectivity index (χ4v) is 2.37. The number of nitrogens with zero attached hydrogens (tertiary/aromatic N) is 3. The first-order chi connectivity index (χ1) is 8.25. The maximum atomic E-state index is 6.16. The minimum atomic E-state index is 0.0649. The van der Waals surface area contributed by atoms with Gasteiger partial charge in [0.2, 0.25) is 0 Å². The zero-order valence-electron chi connectivity index (χ0n) is 9.93. The van der Waals surface area contributed by atoms with Crippen LogP contribution in [0.4, 0.5) is 0 Å². The fraction of sp³-hybridized carbons (Fsp3) is 0.385. The van der Waals surface area contributed by atoms with E-state index in [9.17, 15) is 0 Å². The Labute approximate surface area is 100 Å². The van der Waals surface area contributed by atoms with E-state index in [0.29, 0.717) is 0 Å². The minimum absolute atomic E-state index is 0.0649. The molecule has 0 bridgehead atoms. The summed E-state index contributed by atoms with van der Waals surface area (Å²) in [4.78, 5) is 0. The molecule has 1 aromatic heterocycles. The third-order valence-electron chi connectivity index (χ3n) is 3.34. The van der Waals surface area contributed by atoms with Crippen LogP contribution < -0.4 is 5.73 Å². The van der Waals surface area contributed by atoms with Gasteiger partial charge < -0.3 is 5.73 Å². The predicted octanol–water partition coefficient (Wildman–Crippen LogP) is 1.91. The Balaban J connectivity index is 2.09. The zero-order valence-corrected chi connectivity index (χ0v) is 9.93. The van der Waals surface area contributed by atoms with Crippen molar-refractivity contribution in [3.63, 3.8) is 0 Å². The fourth-order valence-electron chi connectivity index (χ4n) is 2.37. The number of aromatic nitrogens is 3. The van der Waals surface area contributed by atoms with Crippen molar-refractivity contribution in [3.8, 4) is 5.69 Å². The highest BCUT2D eigenvalue weighted by Gasteiger charge is 2.24. The molecule has 0 saturated carbocycles. The van der Waals surface area contributed by atoms with Crippen molar-refractivity contribution in [1.82, 2.24) is 15.0 Å². The minimum Gasteiger partial charge on any atom is -0.323 e. The van der Waals surface area contributed by atoms with Crippen LogP contribution in [0, 0.1) is 6.92 Å². The van der Waals surface area contributed by atoms with E-state index in [4.69, 9.17) is 5.73 Å². The first-order valence-electron chi connectivity index (χ1n) is 6.03. The molecule has 1 heterocycles. The summed E-state index contributed by atoms with van der Waals surface area (Å²) in [6.07, 6.45) is 3.13. The van der Waals surface area contributed by atoms with Crippen molar-refractivity contribution < 1.29 is 0 Å². The van der Waals surface area contributed by atoms with E-state index in [-0.39, 0.29) is 6.04 Å². The van der Waals surface area contributed by atoms with Gasteiger partial charge in [-0.3, -0.25) is 0 Å². The highest BCUT2D eigenvalue weighted by Crippen LogP contribution is 2.27. The van der Waals surface area contributed by atoms with Crippen LogP contribution in [-0.4, -0.2) is 15.0 Å². The third kappa shape index (κ3) is 1.74. The van der Waals surface area contributed by atoms with Crippen molar-refractivity contribution in [3.05, 3.63) is 41.2 Å². The lowest BCUT2D eigenvalue weighted by atomic mass is 9.96. The van der Waals surface area contributed by atoms with Crippen LogP contribution in [-0.2, 0) is 6.42 Å². The molecule has 2 aromatic rings. The first-order valence-corrected chi connectivity index (χ1v) is 6.03. The molecule has 3 rings (SSSR count). The molecule has 4 nitrogen and oxygen atoms in total. The summed E-state index contributed by atoms with van der Waals surface area (Å²) < 4.78 is 1.89. The van der Waals surface area contributed by atoms with Crippen LogP contribution in [0.2, 0.25) is 0 Å². The average molecular weight is 228 g/mol. The predicted molar refractivity (Wildman–Crippen MR) is 66.0 cm³/mol. The molecule has 0 saturated heterocycles. The largest absolute Gasteiger partial charge is 0.323 e. The second kappa shape index (κ2) is 3.96. The van der Waals surface area contributed by atoms with Crippen LogP contribution in [0.25, 0.3) is 5.69 Å². The molecule has 0 amide bonds. The van der Waals surface area contributed by atoms with Crippen LogP contribution in [0.15, 0.2) is 24.3 Å². The molecule has 1 aromatic carbocycles. The van der Waals surface area contributed by atoms with Gasteiger partial charge in [-0.05, 0) is 38.3 Å². The van der Waals surface area contributed by atoms with E-state index in [2.05, 4.69) is 41.5 Å². The highest BCUT2D eigenvalue weighted by molar-refractivity contribution is 5.37. The Morgan fingerprint density at radius 2 is 2.06 bits per heavy atom. The zero-order chi connectivity index (χ0) is 11.8. The first kappa shape index (κ1) is 10.5. The van der Waals surface area contributed by atoms with Gasteiger partial charge in [-0.2, -0.15) is 0 Å². The average Bonchev–Trinajstić information content (AvgIpc) is 2.75. The van der Waals surface area contributed by atoms with Crippen molar-refractivity contribution in [2.75, 3.05) is 0 Å². The van der Waals surface area contributed by atoms with Crippen molar-refractivity contribution in [2.24, 2.45) is 5.73 Å². The summed E-state index contributed by atoms with van der Waals surface area (Å²) in [5.41, 5.74) is 10.6. The van der Waals surface area contributed by atoms with Gasteiger partial charge in [-0.1, -0.05) is 22.9 Å². The molecule has 0 radical (unpaired) electrons. The van der Waals surface area contributed by atoms with E-state index in [0.717, 1.165) is 36.3 Å². The summed E-state index contributed by atoms with van der Waals surface area (Å²) in [6, 6.07) is 8.35. The van der Waals surface area contributed by atoms with Gasteiger partial charge in [-0.15, -0.1) is 5.10 Å². The monoisotopic (exact) mass is 228 g/mol. The third-order valence-corrected chi connectivity index (χ3v) is 3.34. The van der Waals surface area contributed by atoms with Gasteiger partial charge in [-0.25, -0.2) is 4.68 Å². The van der Waals surface area contributed by atoms with Gasteiger partial charge in [0.25, 0.3) is 0 Å². The van der Waals surface area contributed by atoms with Gasteiger partial charge in [0.1, 0.15) is 0 Å². The van der Waals surface area contributed by atoms with E-state index in [1.165, 1.54) is 5.56 Å². The number of hydrogen-bond acceptors (Lipinski definition) is 3. The number of rotatable bonds is 1. The molecule has 1 atom stereocenters.